The summed E-state index contributed by atoms with van der Waals surface area (Å²) >= 11 is 0. The fourth-order valence-corrected chi connectivity index (χ4v) is 2.80. The molecule has 0 saturated carbocycles. The molecule has 0 unspecified atom stereocenters. The number of rotatable bonds is 12. The second-order valence-corrected chi connectivity index (χ2v) is 6.14. The summed E-state index contributed by atoms with van der Waals surface area (Å²) in [7, 11) is 0. The summed E-state index contributed by atoms with van der Waals surface area (Å²) in [5.41, 5.74) is 0. The monoisotopic (exact) mass is 280 g/mol. The van der Waals surface area contributed by atoms with Crippen LogP contribution in [0.15, 0.2) is 12.3 Å². The van der Waals surface area contributed by atoms with Crippen molar-refractivity contribution in [1.29, 1.82) is 0 Å². The summed E-state index contributed by atoms with van der Waals surface area (Å²) < 4.78 is 0. The van der Waals surface area contributed by atoms with Gasteiger partial charge in [0.15, 0.2) is 0 Å². The third kappa shape index (κ3) is 10.3. The Kier molecular flexibility index (Phi) is 11.8. The third-order valence-electron chi connectivity index (χ3n) is 4.19. The fraction of sp³-hybridized carbons (Fsp3) is 0.889. The molecule has 0 aromatic heterocycles. The molecule has 0 spiro atoms. The van der Waals surface area contributed by atoms with Crippen LogP contribution in [0, 0.1) is 0 Å². The lowest BCUT2D eigenvalue weighted by Gasteiger charge is -2.25. The average Bonchev–Trinajstić information content (AvgIpc) is 2.49. The molecule has 1 aliphatic heterocycles. The Morgan fingerprint density at radius 2 is 1.35 bits per heavy atom. The molecule has 0 amide bonds. The van der Waals surface area contributed by atoms with Crippen molar-refractivity contribution in [2.75, 3.05) is 26.2 Å². The highest BCUT2D eigenvalue weighted by Gasteiger charge is 2.03. The molecule has 20 heavy (non-hydrogen) atoms. The number of nitrogens with zero attached hydrogens (tertiary/aromatic N) is 1. The van der Waals surface area contributed by atoms with E-state index in [9.17, 15) is 0 Å². The molecule has 0 atom stereocenters. The maximum atomic E-state index is 3.39. The second-order valence-electron chi connectivity index (χ2n) is 6.14. The van der Waals surface area contributed by atoms with Crippen LogP contribution < -0.4 is 5.32 Å². The van der Waals surface area contributed by atoms with Crippen molar-refractivity contribution in [3.63, 3.8) is 0 Å². The van der Waals surface area contributed by atoms with Gasteiger partial charge in [-0.15, -0.1) is 0 Å². The predicted molar refractivity (Wildman–Crippen MR) is 90.0 cm³/mol. The maximum Gasteiger partial charge on any atom is 0.0298 e. The van der Waals surface area contributed by atoms with Gasteiger partial charge in [0.25, 0.3) is 0 Å². The Hall–Kier alpha value is -0.500. The van der Waals surface area contributed by atoms with Crippen molar-refractivity contribution < 1.29 is 0 Å². The molecule has 0 aliphatic carbocycles. The molecule has 1 saturated heterocycles. The first-order valence-electron chi connectivity index (χ1n) is 9.05. The lowest BCUT2D eigenvalue weighted by molar-refractivity contribution is 0.323. The summed E-state index contributed by atoms with van der Waals surface area (Å²) in [4.78, 5) is 2.44. The number of nitrogens with one attached hydrogen (secondary N) is 1. The van der Waals surface area contributed by atoms with Gasteiger partial charge < -0.3 is 10.2 Å². The summed E-state index contributed by atoms with van der Waals surface area (Å²) in [6.07, 6.45) is 20.3. The highest BCUT2D eigenvalue weighted by molar-refractivity contribution is 4.84. The van der Waals surface area contributed by atoms with Crippen molar-refractivity contribution in [3.8, 4) is 0 Å². The van der Waals surface area contributed by atoms with E-state index in [-0.39, 0.29) is 0 Å². The molecule has 1 fully saturated rings. The third-order valence-corrected chi connectivity index (χ3v) is 4.19. The van der Waals surface area contributed by atoms with E-state index in [1.54, 1.807) is 0 Å². The van der Waals surface area contributed by atoms with Crippen LogP contribution in [-0.4, -0.2) is 31.1 Å². The molecular formula is C18H36N2. The second kappa shape index (κ2) is 13.5. The van der Waals surface area contributed by atoms with Crippen LogP contribution in [0.25, 0.3) is 0 Å². The predicted octanol–water partition coefficient (Wildman–Crippen LogP) is 4.72. The number of hydrogen-bond donors (Lipinski definition) is 1. The highest BCUT2D eigenvalue weighted by atomic mass is 15.2. The van der Waals surface area contributed by atoms with E-state index in [0.29, 0.717) is 0 Å². The molecule has 0 bridgehead atoms. The van der Waals surface area contributed by atoms with Gasteiger partial charge in [-0.3, -0.25) is 0 Å². The van der Waals surface area contributed by atoms with Gasteiger partial charge in [-0.25, -0.2) is 0 Å². The Labute approximate surface area is 127 Å². The van der Waals surface area contributed by atoms with E-state index in [1.165, 1.54) is 83.7 Å². The van der Waals surface area contributed by atoms with E-state index in [4.69, 9.17) is 0 Å². The Balaban J connectivity index is 1.77. The van der Waals surface area contributed by atoms with Crippen LogP contribution in [-0.2, 0) is 0 Å². The number of piperazine rings is 1. The topological polar surface area (TPSA) is 15.3 Å². The van der Waals surface area contributed by atoms with Crippen LogP contribution in [0.2, 0.25) is 0 Å². The first-order chi connectivity index (χ1) is 9.93. The molecule has 0 aromatic rings. The minimum absolute atomic E-state index is 1.14. The quantitative estimate of drug-likeness (QED) is 0.521. The lowest BCUT2D eigenvalue weighted by atomic mass is 10.1. The number of unbranched alkanes of at least 4 members (excludes halogenated alkanes) is 10. The van der Waals surface area contributed by atoms with Gasteiger partial charge >= 0.3 is 0 Å². The van der Waals surface area contributed by atoms with E-state index < -0.39 is 0 Å². The van der Waals surface area contributed by atoms with Gasteiger partial charge in [-0.2, -0.15) is 0 Å². The van der Waals surface area contributed by atoms with Crippen LogP contribution in [0.5, 0.6) is 0 Å². The van der Waals surface area contributed by atoms with Crippen molar-refractivity contribution in [3.05, 3.63) is 12.3 Å². The molecule has 1 N–H and O–H groups in total. The zero-order chi connectivity index (χ0) is 14.3. The lowest BCUT2D eigenvalue weighted by Crippen LogP contribution is -2.40. The molecule has 0 aromatic carbocycles. The van der Waals surface area contributed by atoms with Gasteiger partial charge in [0.05, 0.1) is 0 Å². The molecule has 1 heterocycles. The van der Waals surface area contributed by atoms with Crippen LogP contribution in [0.1, 0.15) is 77.6 Å². The Morgan fingerprint density at radius 1 is 0.800 bits per heavy atom. The van der Waals surface area contributed by atoms with E-state index in [2.05, 4.69) is 29.4 Å². The molecular weight excluding hydrogens is 244 g/mol. The number of allylic oxidation sites excluding steroid dienone is 1. The van der Waals surface area contributed by atoms with E-state index >= 15 is 0 Å². The highest BCUT2D eigenvalue weighted by Crippen LogP contribution is 2.11. The van der Waals surface area contributed by atoms with Gasteiger partial charge in [-0.05, 0) is 19.0 Å². The van der Waals surface area contributed by atoms with Crippen LogP contribution in [0.3, 0.4) is 0 Å². The minimum Gasteiger partial charge on any atom is -0.375 e. The SMILES string of the molecule is CCCCCCCCCCCCC=CN1CCNCC1. The fourth-order valence-electron chi connectivity index (χ4n) is 2.80. The first-order valence-corrected chi connectivity index (χ1v) is 9.05. The van der Waals surface area contributed by atoms with Gasteiger partial charge in [0, 0.05) is 26.2 Å². The standard InChI is InChI=1S/C18H36N2/c1-2-3-4-5-6-7-8-9-10-11-12-13-16-20-17-14-19-15-18-20/h13,16,19H,2-12,14-15,17-18H2,1H3. The molecule has 1 aliphatic rings. The van der Waals surface area contributed by atoms with Gasteiger partial charge in [-0.1, -0.05) is 70.8 Å². The van der Waals surface area contributed by atoms with Crippen molar-refractivity contribution in [1.82, 2.24) is 10.2 Å². The minimum atomic E-state index is 1.14. The van der Waals surface area contributed by atoms with Crippen LogP contribution in [0.4, 0.5) is 0 Å². The summed E-state index contributed by atoms with van der Waals surface area (Å²) in [5, 5.41) is 3.39. The Bertz CT molecular complexity index is 219. The summed E-state index contributed by atoms with van der Waals surface area (Å²) in [6, 6.07) is 0. The maximum absolute atomic E-state index is 3.39. The molecule has 0 radical (unpaired) electrons. The normalized spacial score (nSPS) is 16.1. The zero-order valence-corrected chi connectivity index (χ0v) is 13.7. The largest absolute Gasteiger partial charge is 0.375 e. The number of hydrogen-bond acceptors (Lipinski definition) is 2. The Morgan fingerprint density at radius 3 is 1.95 bits per heavy atom. The first kappa shape index (κ1) is 17.6. The summed E-state index contributed by atoms with van der Waals surface area (Å²) in [6.45, 7) is 6.92. The van der Waals surface area contributed by atoms with E-state index in [0.717, 1.165) is 13.1 Å². The van der Waals surface area contributed by atoms with Crippen molar-refractivity contribution in [2.24, 2.45) is 0 Å². The van der Waals surface area contributed by atoms with Crippen molar-refractivity contribution >= 4 is 0 Å². The smallest absolute Gasteiger partial charge is 0.0298 e. The molecule has 1 rings (SSSR count). The van der Waals surface area contributed by atoms with Gasteiger partial charge in [0.1, 0.15) is 0 Å². The summed E-state index contributed by atoms with van der Waals surface area (Å²) in [5.74, 6) is 0. The van der Waals surface area contributed by atoms with Gasteiger partial charge in [0.2, 0.25) is 0 Å². The molecule has 2 nitrogen and oxygen atoms in total. The molecule has 118 valence electrons. The molecule has 2 heteroatoms. The van der Waals surface area contributed by atoms with E-state index in [1.807, 2.05) is 0 Å². The van der Waals surface area contributed by atoms with Crippen molar-refractivity contribution in [2.45, 2.75) is 77.6 Å². The zero-order valence-electron chi connectivity index (χ0n) is 13.7. The van der Waals surface area contributed by atoms with Crippen LogP contribution >= 0.6 is 0 Å². The average molecular weight is 281 g/mol.